The second kappa shape index (κ2) is 1.29. The average Bonchev–Trinajstić information content (AvgIpc) is 2.47. The molecule has 2 unspecified atom stereocenters. The molecule has 1 N–H and O–H groups in total. The van der Waals surface area contributed by atoms with Crippen molar-refractivity contribution in [3.63, 3.8) is 0 Å². The van der Waals surface area contributed by atoms with Gasteiger partial charge in [-0.25, -0.2) is 0 Å². The molecule has 0 aromatic heterocycles. The Hall–Kier alpha value is -1.05. The molecule has 1 saturated carbocycles. The van der Waals surface area contributed by atoms with Gasteiger partial charge in [0.25, 0.3) is 0 Å². The number of nitrogens with zero attached hydrogens (tertiary/aromatic N) is 1. The molecule has 58 valence electrons. The summed E-state index contributed by atoms with van der Waals surface area (Å²) in [5.41, 5.74) is 0.303. The smallest absolute Gasteiger partial charge is 0.110 e. The molecule has 0 saturated heterocycles. The van der Waals surface area contributed by atoms with Gasteiger partial charge in [-0.3, -0.25) is 4.99 Å². The predicted molar refractivity (Wildman–Crippen MR) is 46.7 cm³/mol. The van der Waals surface area contributed by atoms with Crippen LogP contribution in [0.2, 0.25) is 0 Å². The summed E-state index contributed by atoms with van der Waals surface area (Å²) in [6, 6.07) is 0. The molecule has 2 aliphatic carbocycles. The van der Waals surface area contributed by atoms with E-state index in [1.807, 2.05) is 6.92 Å². The van der Waals surface area contributed by atoms with Crippen molar-refractivity contribution >= 4 is 5.84 Å². The van der Waals surface area contributed by atoms with Crippen molar-refractivity contribution in [2.45, 2.75) is 24.4 Å². The van der Waals surface area contributed by atoms with E-state index in [4.69, 9.17) is 0 Å². The molecule has 0 bridgehead atoms. The second-order valence-corrected chi connectivity index (χ2v) is 3.61. The van der Waals surface area contributed by atoms with Crippen LogP contribution in [0.25, 0.3) is 0 Å². The van der Waals surface area contributed by atoms with Gasteiger partial charge in [-0.15, -0.1) is 0 Å². The number of hydrogen-bond donors (Lipinski definition) is 1. The molecule has 3 aliphatic rings. The Morgan fingerprint density at radius 2 is 2.36 bits per heavy atom. The first-order valence-electron chi connectivity index (χ1n) is 3.98. The van der Waals surface area contributed by atoms with Crippen molar-refractivity contribution < 1.29 is 1.43 Å². The van der Waals surface area contributed by atoms with Crippen LogP contribution in [-0.4, -0.2) is 16.9 Å². The molecule has 2 nitrogen and oxygen atoms in total. The van der Waals surface area contributed by atoms with E-state index in [0.29, 0.717) is 0 Å². The average molecular weight is 148 g/mol. The maximum Gasteiger partial charge on any atom is 0.110 e. The zero-order valence-electron chi connectivity index (χ0n) is 6.46. The van der Waals surface area contributed by atoms with Gasteiger partial charge in [0.2, 0.25) is 0 Å². The van der Waals surface area contributed by atoms with Crippen LogP contribution in [0.1, 0.15) is 14.8 Å². The van der Waals surface area contributed by atoms with Crippen molar-refractivity contribution in [3.05, 3.63) is 24.3 Å². The minimum absolute atomic E-state index is 0. The summed E-state index contributed by atoms with van der Waals surface area (Å²) in [6.45, 7) is 2.03. The molecule has 0 aromatic rings. The van der Waals surface area contributed by atoms with Crippen molar-refractivity contribution in [1.82, 2.24) is 5.32 Å². The standard InChI is InChI=1S/C9H10N2.H2/c1-7-10-8-4-2-3-5-9(8,6-8)11-7;/h2-5H,6H2,1H3,(H,10,11);1H. The Morgan fingerprint density at radius 1 is 1.55 bits per heavy atom. The molecule has 0 aromatic carbocycles. The van der Waals surface area contributed by atoms with Crippen molar-refractivity contribution in [1.29, 1.82) is 0 Å². The number of rotatable bonds is 0. The Kier molecular flexibility index (Phi) is 0.654. The first-order valence-corrected chi connectivity index (χ1v) is 3.98. The number of amidine groups is 1. The summed E-state index contributed by atoms with van der Waals surface area (Å²) in [5, 5.41) is 3.41. The normalized spacial score (nSPS) is 49.4. The summed E-state index contributed by atoms with van der Waals surface area (Å²) in [4.78, 5) is 4.57. The van der Waals surface area contributed by atoms with E-state index in [2.05, 4.69) is 34.6 Å². The monoisotopic (exact) mass is 148 g/mol. The van der Waals surface area contributed by atoms with Crippen LogP contribution in [0.4, 0.5) is 0 Å². The van der Waals surface area contributed by atoms with Crippen LogP contribution < -0.4 is 5.32 Å². The van der Waals surface area contributed by atoms with Gasteiger partial charge in [0.05, 0.1) is 11.4 Å². The molecule has 11 heavy (non-hydrogen) atoms. The van der Waals surface area contributed by atoms with Gasteiger partial charge in [-0.2, -0.15) is 0 Å². The van der Waals surface area contributed by atoms with E-state index in [9.17, 15) is 0 Å². The highest BCUT2D eigenvalue weighted by atomic mass is 15.3. The van der Waals surface area contributed by atoms with E-state index >= 15 is 0 Å². The lowest BCUT2D eigenvalue weighted by molar-refractivity contribution is 0.689. The lowest BCUT2D eigenvalue weighted by Gasteiger charge is -2.12. The van der Waals surface area contributed by atoms with Gasteiger partial charge in [-0.1, -0.05) is 24.3 Å². The summed E-state index contributed by atoms with van der Waals surface area (Å²) < 4.78 is 0. The molecule has 1 aliphatic heterocycles. The minimum Gasteiger partial charge on any atom is -0.362 e. The molecule has 1 fully saturated rings. The summed E-state index contributed by atoms with van der Waals surface area (Å²) in [7, 11) is 0. The maximum atomic E-state index is 4.57. The van der Waals surface area contributed by atoms with Crippen LogP contribution in [0, 0.1) is 0 Å². The number of aliphatic imine (C=N–C) groups is 1. The summed E-state index contributed by atoms with van der Waals surface area (Å²) in [6.07, 6.45) is 9.77. The zero-order valence-corrected chi connectivity index (χ0v) is 6.46. The lowest BCUT2D eigenvalue weighted by Crippen LogP contribution is -2.33. The summed E-state index contributed by atoms with van der Waals surface area (Å²) >= 11 is 0. The molecule has 0 radical (unpaired) electrons. The Balaban J connectivity index is 0.000000563. The number of hydrogen-bond acceptors (Lipinski definition) is 2. The number of nitrogens with one attached hydrogen (secondary N) is 1. The SMILES string of the molecule is CC1=NC23C=CC=CC2(C3)N1.[HH]. The molecular weight excluding hydrogens is 136 g/mol. The quantitative estimate of drug-likeness (QED) is 0.549. The van der Waals surface area contributed by atoms with Gasteiger partial charge in [-0.05, 0) is 6.92 Å². The molecule has 3 rings (SSSR count). The van der Waals surface area contributed by atoms with Gasteiger partial charge in [0.1, 0.15) is 5.54 Å². The van der Waals surface area contributed by atoms with E-state index in [1.165, 1.54) is 0 Å². The van der Waals surface area contributed by atoms with Crippen LogP contribution >= 0.6 is 0 Å². The third kappa shape index (κ3) is 0.451. The van der Waals surface area contributed by atoms with Gasteiger partial charge >= 0.3 is 0 Å². The van der Waals surface area contributed by atoms with Gasteiger partial charge in [0, 0.05) is 7.85 Å². The van der Waals surface area contributed by atoms with E-state index in [-0.39, 0.29) is 12.5 Å². The van der Waals surface area contributed by atoms with Crippen molar-refractivity contribution in [2.24, 2.45) is 4.99 Å². The third-order valence-electron chi connectivity index (χ3n) is 2.83. The predicted octanol–water partition coefficient (Wildman–Crippen LogP) is 1.26. The fourth-order valence-corrected chi connectivity index (χ4v) is 2.25. The number of allylic oxidation sites excluding steroid dienone is 2. The Morgan fingerprint density at radius 3 is 3.18 bits per heavy atom. The van der Waals surface area contributed by atoms with Crippen LogP contribution in [0.15, 0.2) is 29.3 Å². The van der Waals surface area contributed by atoms with E-state index < -0.39 is 0 Å². The molecule has 1 heterocycles. The molecular formula is C9H12N2. The maximum absolute atomic E-state index is 4.57. The first-order chi connectivity index (χ1) is 5.27. The third-order valence-corrected chi connectivity index (χ3v) is 2.83. The van der Waals surface area contributed by atoms with Crippen molar-refractivity contribution in [2.75, 3.05) is 0 Å². The largest absolute Gasteiger partial charge is 0.362 e. The summed E-state index contributed by atoms with van der Waals surface area (Å²) in [5.74, 6) is 1.08. The molecule has 2 heteroatoms. The fraction of sp³-hybridized carbons (Fsp3) is 0.444. The highest BCUT2D eigenvalue weighted by Gasteiger charge is 2.69. The molecule has 0 amide bonds. The topological polar surface area (TPSA) is 24.4 Å². The van der Waals surface area contributed by atoms with Crippen LogP contribution in [0.3, 0.4) is 0 Å². The Bertz CT molecular complexity index is 318. The minimum atomic E-state index is 0. The Labute approximate surface area is 67.2 Å². The molecule has 2 atom stereocenters. The van der Waals surface area contributed by atoms with Crippen molar-refractivity contribution in [3.8, 4) is 0 Å². The lowest BCUT2D eigenvalue weighted by atomic mass is 10.1. The molecule has 0 spiro atoms. The van der Waals surface area contributed by atoms with E-state index in [0.717, 1.165) is 12.3 Å². The fourth-order valence-electron chi connectivity index (χ4n) is 2.25. The van der Waals surface area contributed by atoms with Gasteiger partial charge in [0.15, 0.2) is 0 Å². The zero-order chi connectivity index (χ0) is 7.53. The van der Waals surface area contributed by atoms with E-state index in [1.54, 1.807) is 0 Å². The second-order valence-electron chi connectivity index (χ2n) is 3.61. The first kappa shape index (κ1) is 5.58. The van der Waals surface area contributed by atoms with Crippen LogP contribution in [-0.2, 0) is 0 Å². The highest BCUT2D eigenvalue weighted by Crippen LogP contribution is 2.57. The van der Waals surface area contributed by atoms with Crippen LogP contribution in [0.5, 0.6) is 0 Å². The van der Waals surface area contributed by atoms with Gasteiger partial charge < -0.3 is 5.32 Å². The highest BCUT2D eigenvalue weighted by molar-refractivity contribution is 5.87.